The maximum absolute atomic E-state index is 14.0. The number of anilines is 1. The molecule has 1 aliphatic heterocycles. The third-order valence-electron chi connectivity index (χ3n) is 7.25. The minimum atomic E-state index is -4.92. The molecule has 13 heteroatoms. The van der Waals surface area contributed by atoms with Gasteiger partial charge in [-0.05, 0) is 25.5 Å². The lowest BCUT2D eigenvalue weighted by Crippen LogP contribution is -2.49. The molecule has 1 aromatic carbocycles. The lowest BCUT2D eigenvalue weighted by atomic mass is 9.73. The standard InChI is InChI=1S/C27H30F4N6O3/c1-17(38)37-12-10-36(11-13-37)9-8-26(7-3-5-18(14-26)24(33)39)21-15-34-23(32)25(35-21)40-16-19-4-2-6-20(28)22(19)27(29,30)31/h2-7,15H,8-14,16H2,1H3,(H2,32,34)(H2,33,39). The molecule has 0 spiro atoms. The molecule has 1 fully saturated rings. The van der Waals surface area contributed by atoms with Gasteiger partial charge in [0.25, 0.3) is 5.88 Å². The summed E-state index contributed by atoms with van der Waals surface area (Å²) >= 11 is 0. The first-order valence-corrected chi connectivity index (χ1v) is 12.7. The molecule has 1 aliphatic carbocycles. The number of primary amides is 1. The Bertz CT molecular complexity index is 1340. The quantitative estimate of drug-likeness (QED) is 0.474. The van der Waals surface area contributed by atoms with Gasteiger partial charge >= 0.3 is 6.18 Å². The van der Waals surface area contributed by atoms with E-state index in [0.717, 1.165) is 18.2 Å². The van der Waals surface area contributed by atoms with Crippen molar-refractivity contribution >= 4 is 17.6 Å². The largest absolute Gasteiger partial charge is 0.470 e. The van der Waals surface area contributed by atoms with Gasteiger partial charge < -0.3 is 21.1 Å². The number of ether oxygens (including phenoxy) is 1. The summed E-state index contributed by atoms with van der Waals surface area (Å²) in [6.45, 7) is 4.04. The van der Waals surface area contributed by atoms with Crippen molar-refractivity contribution in [3.8, 4) is 5.88 Å². The molecule has 1 saturated heterocycles. The van der Waals surface area contributed by atoms with Gasteiger partial charge in [-0.15, -0.1) is 0 Å². The van der Waals surface area contributed by atoms with Gasteiger partial charge in [0.15, 0.2) is 5.82 Å². The molecule has 1 aromatic heterocycles. The smallest absolute Gasteiger partial charge is 0.419 e. The molecular formula is C27H30F4N6O3. The molecule has 1 unspecified atom stereocenters. The third-order valence-corrected chi connectivity index (χ3v) is 7.25. The van der Waals surface area contributed by atoms with Crippen molar-refractivity contribution < 1.29 is 31.9 Å². The van der Waals surface area contributed by atoms with Crippen molar-refractivity contribution in [3.05, 3.63) is 70.8 Å². The highest BCUT2D eigenvalue weighted by Gasteiger charge is 2.38. The number of aromatic nitrogens is 2. The second-order valence-electron chi connectivity index (χ2n) is 9.85. The first-order valence-electron chi connectivity index (χ1n) is 12.7. The Balaban J connectivity index is 1.59. The monoisotopic (exact) mass is 562 g/mol. The predicted molar refractivity (Wildman–Crippen MR) is 138 cm³/mol. The molecule has 4 rings (SSSR count). The maximum atomic E-state index is 14.0. The zero-order chi connectivity index (χ0) is 29.1. The minimum Gasteiger partial charge on any atom is -0.470 e. The molecule has 0 radical (unpaired) electrons. The number of nitrogens with zero attached hydrogens (tertiary/aromatic N) is 4. The second kappa shape index (κ2) is 11.6. The fraction of sp³-hybridized carbons (Fsp3) is 0.407. The molecule has 0 saturated carbocycles. The van der Waals surface area contributed by atoms with Gasteiger partial charge in [0.05, 0.1) is 17.5 Å². The highest BCUT2D eigenvalue weighted by molar-refractivity contribution is 5.92. The van der Waals surface area contributed by atoms with E-state index in [4.69, 9.17) is 16.2 Å². The van der Waals surface area contributed by atoms with Gasteiger partial charge in [0.1, 0.15) is 12.4 Å². The van der Waals surface area contributed by atoms with Crippen LogP contribution in [0.1, 0.15) is 36.6 Å². The summed E-state index contributed by atoms with van der Waals surface area (Å²) in [7, 11) is 0. The zero-order valence-electron chi connectivity index (χ0n) is 21.9. The molecule has 2 heterocycles. The molecule has 2 aliphatic rings. The minimum absolute atomic E-state index is 0.0212. The van der Waals surface area contributed by atoms with Gasteiger partial charge in [-0.2, -0.15) is 13.2 Å². The summed E-state index contributed by atoms with van der Waals surface area (Å²) in [5.74, 6) is -2.35. The zero-order valence-corrected chi connectivity index (χ0v) is 21.9. The number of benzene rings is 1. The van der Waals surface area contributed by atoms with Gasteiger partial charge in [0.2, 0.25) is 11.8 Å². The third kappa shape index (κ3) is 6.41. The fourth-order valence-corrected chi connectivity index (χ4v) is 4.98. The van der Waals surface area contributed by atoms with E-state index in [-0.39, 0.29) is 24.0 Å². The number of carbonyl (C=O) groups excluding carboxylic acids is 2. The number of nitrogen functional groups attached to an aromatic ring is 1. The molecule has 4 N–H and O–H groups in total. The number of rotatable bonds is 8. The summed E-state index contributed by atoms with van der Waals surface area (Å²) in [4.78, 5) is 36.4. The van der Waals surface area contributed by atoms with Crippen LogP contribution in [-0.2, 0) is 27.8 Å². The van der Waals surface area contributed by atoms with Crippen molar-refractivity contribution in [1.82, 2.24) is 19.8 Å². The molecule has 2 aromatic rings. The van der Waals surface area contributed by atoms with Crippen LogP contribution in [0.15, 0.2) is 48.2 Å². The van der Waals surface area contributed by atoms with Gasteiger partial charge in [0, 0.05) is 49.7 Å². The van der Waals surface area contributed by atoms with E-state index in [1.54, 1.807) is 17.1 Å². The Hall–Kier alpha value is -4.00. The van der Waals surface area contributed by atoms with E-state index >= 15 is 0 Å². The number of allylic oxidation sites excluding steroid dienone is 3. The Labute approximate surface area is 228 Å². The first-order chi connectivity index (χ1) is 18.9. The van der Waals surface area contributed by atoms with E-state index in [1.807, 2.05) is 6.08 Å². The van der Waals surface area contributed by atoms with Gasteiger partial charge in [-0.25, -0.2) is 14.4 Å². The van der Waals surface area contributed by atoms with Crippen molar-refractivity contribution in [2.45, 2.75) is 38.0 Å². The maximum Gasteiger partial charge on any atom is 0.419 e. The molecule has 0 bridgehead atoms. The summed E-state index contributed by atoms with van der Waals surface area (Å²) in [6.07, 6.45) is 2.43. The molecule has 9 nitrogen and oxygen atoms in total. The summed E-state index contributed by atoms with van der Waals surface area (Å²) < 4.78 is 59.9. The summed E-state index contributed by atoms with van der Waals surface area (Å²) in [5, 5.41) is 0. The highest BCUT2D eigenvalue weighted by Crippen LogP contribution is 2.39. The lowest BCUT2D eigenvalue weighted by Gasteiger charge is -2.38. The number of halogens is 4. The topological polar surface area (TPSA) is 128 Å². The van der Waals surface area contributed by atoms with E-state index in [1.165, 1.54) is 13.1 Å². The highest BCUT2D eigenvalue weighted by atomic mass is 19.4. The predicted octanol–water partition coefficient (Wildman–Crippen LogP) is 2.96. The van der Waals surface area contributed by atoms with Crippen molar-refractivity contribution in [2.24, 2.45) is 5.73 Å². The summed E-state index contributed by atoms with van der Waals surface area (Å²) in [5.41, 5.74) is 9.60. The van der Waals surface area contributed by atoms with Gasteiger partial charge in [-0.3, -0.25) is 14.5 Å². The average molecular weight is 563 g/mol. The normalized spacial score (nSPS) is 19.8. The molecule has 40 heavy (non-hydrogen) atoms. The SMILES string of the molecule is CC(=O)N1CCN(CCC2(c3cnc(N)c(OCc4cccc(F)c4C(F)(F)F)n3)C=CC=C(C(N)=O)C2)CC1. The van der Waals surface area contributed by atoms with Crippen LogP contribution in [0.25, 0.3) is 0 Å². The number of hydrogen-bond donors (Lipinski definition) is 2. The number of piperazine rings is 1. The number of amides is 2. The van der Waals surface area contributed by atoms with Crippen LogP contribution in [0.3, 0.4) is 0 Å². The van der Waals surface area contributed by atoms with E-state index in [2.05, 4.69) is 14.9 Å². The van der Waals surface area contributed by atoms with Gasteiger partial charge in [-0.1, -0.05) is 30.4 Å². The number of nitrogens with two attached hydrogens (primary N) is 2. The second-order valence-corrected chi connectivity index (χ2v) is 9.85. The van der Waals surface area contributed by atoms with Crippen LogP contribution in [0.5, 0.6) is 5.88 Å². The van der Waals surface area contributed by atoms with Crippen molar-refractivity contribution in [1.29, 1.82) is 0 Å². The van der Waals surface area contributed by atoms with Crippen molar-refractivity contribution in [2.75, 3.05) is 38.5 Å². The molecule has 2 amide bonds. The molecule has 1 atom stereocenters. The Morgan fingerprint density at radius 3 is 2.55 bits per heavy atom. The average Bonchev–Trinajstić information content (AvgIpc) is 2.91. The molecule has 214 valence electrons. The summed E-state index contributed by atoms with van der Waals surface area (Å²) in [6, 6.07) is 3.00. The van der Waals surface area contributed by atoms with Crippen LogP contribution in [0, 0.1) is 5.82 Å². The lowest BCUT2D eigenvalue weighted by molar-refractivity contribution is -0.141. The number of alkyl halides is 3. The van der Waals surface area contributed by atoms with E-state index in [9.17, 15) is 27.2 Å². The Morgan fingerprint density at radius 2 is 1.90 bits per heavy atom. The number of carbonyl (C=O) groups is 2. The number of hydrogen-bond acceptors (Lipinski definition) is 7. The molecular weight excluding hydrogens is 532 g/mol. The van der Waals surface area contributed by atoms with Crippen LogP contribution in [0.4, 0.5) is 23.4 Å². The Kier molecular flexibility index (Phi) is 8.43. The first kappa shape index (κ1) is 29.0. The van der Waals surface area contributed by atoms with Crippen LogP contribution < -0.4 is 16.2 Å². The van der Waals surface area contributed by atoms with Crippen molar-refractivity contribution in [3.63, 3.8) is 0 Å². The fourth-order valence-electron chi connectivity index (χ4n) is 4.98. The van der Waals surface area contributed by atoms with E-state index in [0.29, 0.717) is 50.4 Å². The van der Waals surface area contributed by atoms with Crippen LogP contribution >= 0.6 is 0 Å². The van der Waals surface area contributed by atoms with Crippen LogP contribution in [0.2, 0.25) is 0 Å². The van der Waals surface area contributed by atoms with E-state index < -0.39 is 41.0 Å². The van der Waals surface area contributed by atoms with Crippen LogP contribution in [-0.4, -0.2) is 64.3 Å². The Morgan fingerprint density at radius 1 is 1.18 bits per heavy atom.